The van der Waals surface area contributed by atoms with E-state index in [-0.39, 0.29) is 5.91 Å². The molecule has 0 spiro atoms. The van der Waals surface area contributed by atoms with Gasteiger partial charge >= 0.3 is 0 Å². The number of nitrogens with zero attached hydrogens (tertiary/aromatic N) is 2. The smallest absolute Gasteiger partial charge is 0.263 e. The highest BCUT2D eigenvalue weighted by atomic mass is 16.5. The monoisotopic (exact) mass is 368 g/mol. The first-order valence-corrected chi connectivity index (χ1v) is 9.39. The van der Waals surface area contributed by atoms with Crippen LogP contribution in [-0.4, -0.2) is 50.2 Å². The van der Waals surface area contributed by atoms with Crippen LogP contribution in [0.2, 0.25) is 0 Å². The predicted molar refractivity (Wildman–Crippen MR) is 108 cm³/mol. The van der Waals surface area contributed by atoms with Crippen LogP contribution in [0.4, 0.5) is 5.69 Å². The Morgan fingerprint density at radius 1 is 1.00 bits per heavy atom. The first-order chi connectivity index (χ1) is 13.0. The fourth-order valence-corrected chi connectivity index (χ4v) is 3.41. The molecule has 0 radical (unpaired) electrons. The lowest BCUT2D eigenvalue weighted by molar-refractivity contribution is -0.138. The molecule has 1 saturated heterocycles. The molecule has 0 bridgehead atoms. The lowest BCUT2D eigenvalue weighted by Crippen LogP contribution is -2.52. The van der Waals surface area contributed by atoms with Gasteiger partial charge in [0.1, 0.15) is 11.5 Å². The van der Waals surface area contributed by atoms with E-state index in [9.17, 15) is 4.79 Å². The van der Waals surface area contributed by atoms with Gasteiger partial charge in [-0.25, -0.2) is 0 Å². The predicted octanol–water partition coefficient (Wildman–Crippen LogP) is 3.43. The fourth-order valence-electron chi connectivity index (χ4n) is 3.41. The van der Waals surface area contributed by atoms with E-state index in [4.69, 9.17) is 9.47 Å². The average molecular weight is 368 g/mol. The first kappa shape index (κ1) is 19.1. The molecule has 2 aromatic rings. The minimum Gasteiger partial charge on any atom is -0.497 e. The Morgan fingerprint density at radius 3 is 2.26 bits per heavy atom. The zero-order valence-corrected chi connectivity index (χ0v) is 16.6. The van der Waals surface area contributed by atoms with E-state index in [2.05, 4.69) is 23.1 Å². The van der Waals surface area contributed by atoms with E-state index in [1.54, 1.807) is 7.11 Å². The Balaban J connectivity index is 1.55. The first-order valence-electron chi connectivity index (χ1n) is 9.39. The van der Waals surface area contributed by atoms with Crippen molar-refractivity contribution >= 4 is 11.6 Å². The zero-order valence-electron chi connectivity index (χ0n) is 16.6. The van der Waals surface area contributed by atoms with Crippen LogP contribution < -0.4 is 14.4 Å². The largest absolute Gasteiger partial charge is 0.497 e. The molecule has 1 aliphatic heterocycles. The van der Waals surface area contributed by atoms with Gasteiger partial charge in [0.05, 0.1) is 7.11 Å². The van der Waals surface area contributed by atoms with E-state index in [1.165, 1.54) is 5.56 Å². The summed E-state index contributed by atoms with van der Waals surface area (Å²) in [6, 6.07) is 14.1. The van der Waals surface area contributed by atoms with Crippen molar-refractivity contribution in [2.24, 2.45) is 0 Å². The maximum Gasteiger partial charge on any atom is 0.263 e. The highest BCUT2D eigenvalue weighted by Crippen LogP contribution is 2.22. The van der Waals surface area contributed by atoms with Gasteiger partial charge in [-0.3, -0.25) is 4.79 Å². The second-order valence-electron chi connectivity index (χ2n) is 7.04. The standard InChI is InChI=1S/C22H28N2O3/c1-16-5-10-21(17(2)15-16)27-18(3)22(25)24-13-11-23(12-14-24)19-6-8-20(26-4)9-7-19/h5-10,15,18H,11-14H2,1-4H3/t18-/m0/s1. The summed E-state index contributed by atoms with van der Waals surface area (Å²) in [7, 11) is 1.67. The van der Waals surface area contributed by atoms with E-state index < -0.39 is 6.10 Å². The molecule has 3 rings (SSSR count). The summed E-state index contributed by atoms with van der Waals surface area (Å²) in [5.41, 5.74) is 3.40. The molecule has 5 nitrogen and oxygen atoms in total. The van der Waals surface area contributed by atoms with E-state index >= 15 is 0 Å². The van der Waals surface area contributed by atoms with Crippen molar-refractivity contribution in [3.8, 4) is 11.5 Å². The number of benzene rings is 2. The average Bonchev–Trinajstić information content (AvgIpc) is 2.69. The number of carbonyl (C=O) groups excluding carboxylic acids is 1. The number of rotatable bonds is 5. The topological polar surface area (TPSA) is 42.0 Å². The third-order valence-corrected chi connectivity index (χ3v) is 5.01. The molecule has 5 heteroatoms. The van der Waals surface area contributed by atoms with Crippen molar-refractivity contribution in [3.63, 3.8) is 0 Å². The molecule has 1 aliphatic rings. The van der Waals surface area contributed by atoms with Crippen LogP contribution in [-0.2, 0) is 4.79 Å². The van der Waals surface area contributed by atoms with Crippen molar-refractivity contribution < 1.29 is 14.3 Å². The van der Waals surface area contributed by atoms with Crippen molar-refractivity contribution in [2.75, 3.05) is 38.2 Å². The van der Waals surface area contributed by atoms with Crippen LogP contribution >= 0.6 is 0 Å². The number of methoxy groups -OCH3 is 1. The number of amides is 1. The van der Waals surface area contributed by atoms with Gasteiger partial charge in [-0.1, -0.05) is 17.7 Å². The molecule has 1 heterocycles. The summed E-state index contributed by atoms with van der Waals surface area (Å²) >= 11 is 0. The second-order valence-corrected chi connectivity index (χ2v) is 7.04. The lowest BCUT2D eigenvalue weighted by Gasteiger charge is -2.37. The Labute approximate surface area is 161 Å². The number of piperazine rings is 1. The maximum atomic E-state index is 12.8. The SMILES string of the molecule is COc1ccc(N2CCN(C(=O)[C@H](C)Oc3ccc(C)cc3C)CC2)cc1. The molecule has 2 aromatic carbocycles. The molecule has 1 fully saturated rings. The van der Waals surface area contributed by atoms with Gasteiger partial charge in [-0.15, -0.1) is 0 Å². The van der Waals surface area contributed by atoms with Crippen LogP contribution in [0.5, 0.6) is 11.5 Å². The Bertz CT molecular complexity index is 781. The summed E-state index contributed by atoms with van der Waals surface area (Å²) in [4.78, 5) is 17.0. The van der Waals surface area contributed by atoms with Gasteiger partial charge in [0.2, 0.25) is 0 Å². The minimum absolute atomic E-state index is 0.0457. The number of hydrogen-bond acceptors (Lipinski definition) is 4. The van der Waals surface area contributed by atoms with E-state index in [1.807, 2.05) is 49.9 Å². The minimum atomic E-state index is -0.487. The van der Waals surface area contributed by atoms with E-state index in [0.29, 0.717) is 13.1 Å². The fraction of sp³-hybridized carbons (Fsp3) is 0.409. The number of aryl methyl sites for hydroxylation is 2. The van der Waals surface area contributed by atoms with Gasteiger partial charge in [0.15, 0.2) is 6.10 Å². The quantitative estimate of drug-likeness (QED) is 0.811. The molecule has 0 aliphatic carbocycles. The van der Waals surface area contributed by atoms with Gasteiger partial charge in [-0.05, 0) is 56.7 Å². The van der Waals surface area contributed by atoms with Crippen LogP contribution in [0, 0.1) is 13.8 Å². The molecule has 1 atom stereocenters. The zero-order chi connectivity index (χ0) is 19.4. The summed E-state index contributed by atoms with van der Waals surface area (Å²) < 4.78 is 11.1. The molecule has 0 N–H and O–H groups in total. The number of ether oxygens (including phenoxy) is 2. The molecule has 0 aromatic heterocycles. The van der Waals surface area contributed by atoms with Gasteiger partial charge in [-0.2, -0.15) is 0 Å². The molecule has 1 amide bonds. The van der Waals surface area contributed by atoms with Crippen molar-refractivity contribution in [2.45, 2.75) is 26.9 Å². The van der Waals surface area contributed by atoms with Gasteiger partial charge in [0, 0.05) is 31.9 Å². The highest BCUT2D eigenvalue weighted by Gasteiger charge is 2.26. The van der Waals surface area contributed by atoms with Crippen molar-refractivity contribution in [3.05, 3.63) is 53.6 Å². The summed E-state index contributed by atoms with van der Waals surface area (Å²) in [6.45, 7) is 8.91. The summed E-state index contributed by atoms with van der Waals surface area (Å²) in [5, 5.41) is 0. The molecule has 0 saturated carbocycles. The molecule has 0 unspecified atom stereocenters. The summed E-state index contributed by atoms with van der Waals surface area (Å²) in [5.74, 6) is 1.67. The third kappa shape index (κ3) is 4.54. The van der Waals surface area contributed by atoms with Crippen LogP contribution in [0.3, 0.4) is 0 Å². The van der Waals surface area contributed by atoms with Crippen LogP contribution in [0.15, 0.2) is 42.5 Å². The van der Waals surface area contributed by atoms with Crippen LogP contribution in [0.1, 0.15) is 18.1 Å². The normalized spacial score (nSPS) is 15.4. The number of hydrogen-bond donors (Lipinski definition) is 0. The molecule has 144 valence electrons. The lowest BCUT2D eigenvalue weighted by atomic mass is 10.1. The Hall–Kier alpha value is -2.69. The third-order valence-electron chi connectivity index (χ3n) is 5.01. The van der Waals surface area contributed by atoms with Crippen molar-refractivity contribution in [1.29, 1.82) is 0 Å². The summed E-state index contributed by atoms with van der Waals surface area (Å²) in [6.07, 6.45) is -0.487. The molecular weight excluding hydrogens is 340 g/mol. The van der Waals surface area contributed by atoms with Gasteiger partial charge < -0.3 is 19.3 Å². The van der Waals surface area contributed by atoms with Crippen LogP contribution in [0.25, 0.3) is 0 Å². The molecular formula is C22H28N2O3. The second kappa shape index (κ2) is 8.33. The maximum absolute atomic E-state index is 12.8. The Morgan fingerprint density at radius 2 is 1.67 bits per heavy atom. The van der Waals surface area contributed by atoms with Crippen molar-refractivity contribution in [1.82, 2.24) is 4.90 Å². The van der Waals surface area contributed by atoms with Gasteiger partial charge in [0.25, 0.3) is 5.91 Å². The van der Waals surface area contributed by atoms with E-state index in [0.717, 1.165) is 35.8 Å². The number of carbonyl (C=O) groups is 1. The molecule has 27 heavy (non-hydrogen) atoms. The number of anilines is 1. The Kier molecular flexibility index (Phi) is 5.89. The highest BCUT2D eigenvalue weighted by molar-refractivity contribution is 5.81.